The van der Waals surface area contributed by atoms with Crippen molar-refractivity contribution in [3.05, 3.63) is 52.0 Å². The first-order chi connectivity index (χ1) is 8.08. The standard InChI is InChI=1S/C12H12BrFN2O/c1-16-11(4-5-15-16)12(17)6-8-2-3-9(14)7-10(8)13/h2-5,7,12,17H,6H2,1H3. The number of halogens is 2. The molecule has 0 saturated carbocycles. The van der Waals surface area contributed by atoms with Gasteiger partial charge in [-0.1, -0.05) is 22.0 Å². The molecule has 0 saturated heterocycles. The van der Waals surface area contributed by atoms with Crippen molar-refractivity contribution >= 4 is 15.9 Å². The minimum Gasteiger partial charge on any atom is -0.386 e. The van der Waals surface area contributed by atoms with Gasteiger partial charge in [-0.3, -0.25) is 4.68 Å². The van der Waals surface area contributed by atoms with Gasteiger partial charge < -0.3 is 5.11 Å². The molecule has 0 radical (unpaired) electrons. The Kier molecular flexibility index (Phi) is 3.59. The Labute approximate surface area is 107 Å². The second kappa shape index (κ2) is 4.98. The van der Waals surface area contributed by atoms with E-state index in [2.05, 4.69) is 21.0 Å². The zero-order valence-electron chi connectivity index (χ0n) is 9.27. The van der Waals surface area contributed by atoms with Crippen LogP contribution in [0.3, 0.4) is 0 Å². The second-order valence-corrected chi connectivity index (χ2v) is 4.69. The largest absolute Gasteiger partial charge is 0.386 e. The topological polar surface area (TPSA) is 38.0 Å². The number of nitrogens with zero attached hydrogens (tertiary/aromatic N) is 2. The minimum atomic E-state index is -0.649. The first-order valence-corrected chi connectivity index (χ1v) is 5.97. The van der Waals surface area contributed by atoms with Gasteiger partial charge in [-0.2, -0.15) is 5.10 Å². The van der Waals surface area contributed by atoms with Crippen LogP contribution in [0.15, 0.2) is 34.9 Å². The van der Waals surface area contributed by atoms with Gasteiger partial charge in [0, 0.05) is 24.1 Å². The number of aliphatic hydroxyl groups excluding tert-OH is 1. The highest BCUT2D eigenvalue weighted by molar-refractivity contribution is 9.10. The van der Waals surface area contributed by atoms with E-state index in [9.17, 15) is 9.50 Å². The number of hydrogen-bond donors (Lipinski definition) is 1. The van der Waals surface area contributed by atoms with E-state index in [4.69, 9.17) is 0 Å². The molecule has 17 heavy (non-hydrogen) atoms. The first kappa shape index (κ1) is 12.3. The van der Waals surface area contributed by atoms with Crippen molar-refractivity contribution in [3.8, 4) is 0 Å². The van der Waals surface area contributed by atoms with Crippen LogP contribution >= 0.6 is 15.9 Å². The molecule has 2 rings (SSSR count). The molecule has 1 aromatic heterocycles. The summed E-state index contributed by atoms with van der Waals surface area (Å²) in [5.41, 5.74) is 1.60. The quantitative estimate of drug-likeness (QED) is 0.946. The van der Waals surface area contributed by atoms with E-state index in [0.29, 0.717) is 10.9 Å². The fraction of sp³-hybridized carbons (Fsp3) is 0.250. The number of hydrogen-bond acceptors (Lipinski definition) is 2. The summed E-state index contributed by atoms with van der Waals surface area (Å²) in [4.78, 5) is 0. The molecule has 0 aliphatic heterocycles. The summed E-state index contributed by atoms with van der Waals surface area (Å²) in [5.74, 6) is -0.296. The zero-order valence-corrected chi connectivity index (χ0v) is 10.9. The highest BCUT2D eigenvalue weighted by Crippen LogP contribution is 2.24. The number of aryl methyl sites for hydroxylation is 1. The SMILES string of the molecule is Cn1nccc1C(O)Cc1ccc(F)cc1Br. The van der Waals surface area contributed by atoms with Gasteiger partial charge in [0.25, 0.3) is 0 Å². The molecule has 0 spiro atoms. The van der Waals surface area contributed by atoms with Crippen molar-refractivity contribution in [2.45, 2.75) is 12.5 Å². The average molecular weight is 299 g/mol. The molecular weight excluding hydrogens is 287 g/mol. The molecule has 1 atom stereocenters. The molecule has 1 unspecified atom stereocenters. The van der Waals surface area contributed by atoms with Gasteiger partial charge in [0.05, 0.1) is 11.8 Å². The molecule has 0 bridgehead atoms. The van der Waals surface area contributed by atoms with E-state index in [-0.39, 0.29) is 5.82 Å². The predicted molar refractivity (Wildman–Crippen MR) is 66.0 cm³/mol. The lowest BCUT2D eigenvalue weighted by Gasteiger charge is -2.12. The van der Waals surface area contributed by atoms with Crippen molar-refractivity contribution < 1.29 is 9.50 Å². The normalized spacial score (nSPS) is 12.7. The van der Waals surface area contributed by atoms with Crippen molar-refractivity contribution in [2.24, 2.45) is 7.05 Å². The Hall–Kier alpha value is -1.20. The molecule has 90 valence electrons. The van der Waals surface area contributed by atoms with E-state index in [1.54, 1.807) is 30.1 Å². The Morgan fingerprint density at radius 2 is 2.24 bits per heavy atom. The van der Waals surface area contributed by atoms with Crippen LogP contribution in [0.5, 0.6) is 0 Å². The van der Waals surface area contributed by atoms with Crippen LogP contribution in [0.25, 0.3) is 0 Å². The lowest BCUT2D eigenvalue weighted by atomic mass is 10.1. The van der Waals surface area contributed by atoms with Crippen LogP contribution in [0.2, 0.25) is 0 Å². The summed E-state index contributed by atoms with van der Waals surface area (Å²) in [5, 5.41) is 14.1. The molecule has 3 nitrogen and oxygen atoms in total. The summed E-state index contributed by atoms with van der Waals surface area (Å²) >= 11 is 3.28. The maximum Gasteiger partial charge on any atom is 0.124 e. The molecule has 5 heteroatoms. The summed E-state index contributed by atoms with van der Waals surface area (Å²) in [6, 6.07) is 6.21. The van der Waals surface area contributed by atoms with Crippen molar-refractivity contribution in [1.29, 1.82) is 0 Å². The average Bonchev–Trinajstić information content (AvgIpc) is 2.68. The Morgan fingerprint density at radius 1 is 1.47 bits per heavy atom. The Morgan fingerprint density at radius 3 is 2.82 bits per heavy atom. The van der Waals surface area contributed by atoms with Gasteiger partial charge in [-0.25, -0.2) is 4.39 Å². The third-order valence-electron chi connectivity index (χ3n) is 2.63. The van der Waals surface area contributed by atoms with E-state index in [1.165, 1.54) is 12.1 Å². The summed E-state index contributed by atoms with van der Waals surface area (Å²) in [6.45, 7) is 0. The minimum absolute atomic E-state index is 0.296. The first-order valence-electron chi connectivity index (χ1n) is 5.18. The molecule has 2 aromatic rings. The molecule has 0 amide bonds. The van der Waals surface area contributed by atoms with Gasteiger partial charge in [0.15, 0.2) is 0 Å². The molecule has 0 aliphatic carbocycles. The molecule has 0 aliphatic rings. The molecule has 1 heterocycles. The van der Waals surface area contributed by atoms with Crippen molar-refractivity contribution in [3.63, 3.8) is 0 Å². The van der Waals surface area contributed by atoms with E-state index in [0.717, 1.165) is 11.3 Å². The number of benzene rings is 1. The fourth-order valence-electron chi connectivity index (χ4n) is 1.71. The van der Waals surface area contributed by atoms with E-state index < -0.39 is 6.10 Å². The monoisotopic (exact) mass is 298 g/mol. The van der Waals surface area contributed by atoms with E-state index >= 15 is 0 Å². The van der Waals surface area contributed by atoms with Crippen LogP contribution in [-0.4, -0.2) is 14.9 Å². The zero-order chi connectivity index (χ0) is 12.4. The molecule has 0 fully saturated rings. The third kappa shape index (κ3) is 2.73. The number of aliphatic hydroxyl groups is 1. The van der Waals surface area contributed by atoms with Gasteiger partial charge in [-0.05, 0) is 23.8 Å². The van der Waals surface area contributed by atoms with Crippen LogP contribution in [-0.2, 0) is 13.5 Å². The number of rotatable bonds is 3. The van der Waals surface area contributed by atoms with Crippen molar-refractivity contribution in [1.82, 2.24) is 9.78 Å². The highest BCUT2D eigenvalue weighted by Gasteiger charge is 2.14. The molecule has 1 N–H and O–H groups in total. The molecular formula is C12H12BrFN2O. The third-order valence-corrected chi connectivity index (χ3v) is 3.37. The second-order valence-electron chi connectivity index (χ2n) is 3.84. The Bertz CT molecular complexity index is 527. The van der Waals surface area contributed by atoms with Gasteiger partial charge in [0.2, 0.25) is 0 Å². The number of aromatic nitrogens is 2. The van der Waals surface area contributed by atoms with Crippen LogP contribution in [0.1, 0.15) is 17.4 Å². The van der Waals surface area contributed by atoms with Crippen molar-refractivity contribution in [2.75, 3.05) is 0 Å². The summed E-state index contributed by atoms with van der Waals surface area (Å²) < 4.78 is 15.2. The van der Waals surface area contributed by atoms with Crippen LogP contribution < -0.4 is 0 Å². The van der Waals surface area contributed by atoms with E-state index in [1.807, 2.05) is 0 Å². The maximum absolute atomic E-state index is 12.9. The lowest BCUT2D eigenvalue weighted by Crippen LogP contribution is -2.08. The van der Waals surface area contributed by atoms with Gasteiger partial charge in [0.1, 0.15) is 5.82 Å². The van der Waals surface area contributed by atoms with Crippen LogP contribution in [0.4, 0.5) is 4.39 Å². The predicted octanol–water partition coefficient (Wildman–Crippen LogP) is 2.60. The summed E-state index contributed by atoms with van der Waals surface area (Å²) in [6.07, 6.45) is 1.41. The fourth-order valence-corrected chi connectivity index (χ4v) is 2.22. The maximum atomic E-state index is 12.9. The summed E-state index contributed by atoms with van der Waals surface area (Å²) in [7, 11) is 1.78. The van der Waals surface area contributed by atoms with Gasteiger partial charge in [-0.15, -0.1) is 0 Å². The Balaban J connectivity index is 2.19. The van der Waals surface area contributed by atoms with Crippen LogP contribution in [0, 0.1) is 5.82 Å². The molecule has 1 aromatic carbocycles. The van der Waals surface area contributed by atoms with Gasteiger partial charge >= 0.3 is 0 Å². The highest BCUT2D eigenvalue weighted by atomic mass is 79.9. The smallest absolute Gasteiger partial charge is 0.124 e. The lowest BCUT2D eigenvalue weighted by molar-refractivity contribution is 0.168.